The summed E-state index contributed by atoms with van der Waals surface area (Å²) in [6.45, 7) is 0.839. The van der Waals surface area contributed by atoms with E-state index in [1.54, 1.807) is 11.8 Å². The van der Waals surface area contributed by atoms with E-state index in [0.717, 1.165) is 28.6 Å². The average molecular weight is 269 g/mol. The maximum Gasteiger partial charge on any atom is 0.153 e. The van der Waals surface area contributed by atoms with Crippen LogP contribution in [0.2, 0.25) is 0 Å². The number of nitrogen functional groups attached to an aromatic ring is 1. The van der Waals surface area contributed by atoms with Gasteiger partial charge in [-0.05, 0) is 23.9 Å². The normalized spacial score (nSPS) is 10.7. The van der Waals surface area contributed by atoms with Crippen molar-refractivity contribution in [2.75, 3.05) is 23.9 Å². The van der Waals surface area contributed by atoms with Crippen molar-refractivity contribution < 1.29 is 0 Å². The molecular formula is C10H15N5S2. The first-order valence-corrected chi connectivity index (χ1v) is 7.22. The smallest absolute Gasteiger partial charge is 0.153 e. The number of nitrogens with zero attached hydrogens (tertiary/aromatic N) is 3. The van der Waals surface area contributed by atoms with E-state index in [4.69, 9.17) is 5.73 Å². The van der Waals surface area contributed by atoms with Gasteiger partial charge in [0.15, 0.2) is 5.82 Å². The van der Waals surface area contributed by atoms with E-state index in [9.17, 15) is 0 Å². The van der Waals surface area contributed by atoms with Crippen molar-refractivity contribution in [2.45, 2.75) is 11.3 Å². The van der Waals surface area contributed by atoms with Crippen LogP contribution in [0, 0.1) is 0 Å². The third-order valence-corrected chi connectivity index (χ3v) is 4.08. The molecule has 0 saturated heterocycles. The first-order valence-electron chi connectivity index (χ1n) is 5.22. The topological polar surface area (TPSA) is 68.8 Å². The molecule has 0 unspecified atom stereocenters. The monoisotopic (exact) mass is 269 g/mol. The Morgan fingerprint density at radius 1 is 1.59 bits per heavy atom. The van der Waals surface area contributed by atoms with Crippen molar-refractivity contribution in [1.82, 2.24) is 14.2 Å². The number of nitrogens with one attached hydrogen (secondary N) is 1. The van der Waals surface area contributed by atoms with Crippen molar-refractivity contribution in [3.8, 4) is 0 Å². The maximum absolute atomic E-state index is 5.76. The molecule has 0 bridgehead atoms. The summed E-state index contributed by atoms with van der Waals surface area (Å²) < 4.78 is 5.95. The van der Waals surface area contributed by atoms with Gasteiger partial charge in [-0.1, -0.05) is 0 Å². The number of aromatic nitrogens is 3. The first kappa shape index (κ1) is 12.3. The number of anilines is 2. The van der Waals surface area contributed by atoms with Gasteiger partial charge in [0.05, 0.1) is 10.6 Å². The van der Waals surface area contributed by atoms with E-state index in [2.05, 4.69) is 14.8 Å². The van der Waals surface area contributed by atoms with Crippen molar-refractivity contribution in [3.63, 3.8) is 0 Å². The second-order valence-electron chi connectivity index (χ2n) is 3.59. The lowest BCUT2D eigenvalue weighted by atomic mass is 10.3. The Bertz CT molecular complexity index is 491. The van der Waals surface area contributed by atoms with E-state index in [1.807, 2.05) is 30.2 Å². The van der Waals surface area contributed by atoms with E-state index in [1.165, 1.54) is 11.5 Å². The van der Waals surface area contributed by atoms with Crippen LogP contribution in [-0.2, 0) is 13.5 Å². The fourth-order valence-corrected chi connectivity index (χ4v) is 3.07. The second kappa shape index (κ2) is 5.42. The van der Waals surface area contributed by atoms with Gasteiger partial charge in [0.2, 0.25) is 0 Å². The van der Waals surface area contributed by atoms with Gasteiger partial charge in [-0.3, -0.25) is 4.68 Å². The third-order valence-electron chi connectivity index (χ3n) is 2.31. The predicted molar refractivity (Wildman–Crippen MR) is 73.7 cm³/mol. The first-order chi connectivity index (χ1) is 8.20. The highest BCUT2D eigenvalue weighted by Gasteiger charge is 2.09. The molecular weight excluding hydrogens is 254 g/mol. The van der Waals surface area contributed by atoms with Crippen molar-refractivity contribution >= 4 is 34.1 Å². The highest BCUT2D eigenvalue weighted by molar-refractivity contribution is 7.99. The molecule has 2 aromatic rings. The summed E-state index contributed by atoms with van der Waals surface area (Å²) in [6.07, 6.45) is 4.85. The number of thioether (sulfide) groups is 1. The number of hydrogen-bond acceptors (Lipinski definition) is 6. The van der Waals surface area contributed by atoms with Gasteiger partial charge in [-0.2, -0.15) is 9.47 Å². The molecule has 0 fully saturated rings. The van der Waals surface area contributed by atoms with E-state index < -0.39 is 0 Å². The van der Waals surface area contributed by atoms with Crippen LogP contribution in [0.5, 0.6) is 0 Å². The van der Waals surface area contributed by atoms with Gasteiger partial charge in [0, 0.05) is 26.2 Å². The van der Waals surface area contributed by atoms with Gasteiger partial charge in [-0.15, -0.1) is 11.8 Å². The molecule has 0 amide bonds. The fraction of sp³-hybridized carbons (Fsp3) is 0.400. The van der Waals surface area contributed by atoms with Crippen LogP contribution in [0.1, 0.15) is 5.69 Å². The molecule has 2 heterocycles. The van der Waals surface area contributed by atoms with Gasteiger partial charge in [-0.25, -0.2) is 0 Å². The van der Waals surface area contributed by atoms with Crippen molar-refractivity contribution in [2.24, 2.45) is 7.05 Å². The molecule has 0 radical (unpaired) electrons. The molecule has 3 N–H and O–H groups in total. The Morgan fingerprint density at radius 3 is 3.06 bits per heavy atom. The lowest BCUT2D eigenvalue weighted by molar-refractivity contribution is 0.742. The minimum atomic E-state index is 0.614. The standard InChI is InChI=1S/C10H15N5S2/c1-15-6-4-7(13-15)3-5-12-10-8(16-2)9(11)14-17-10/h4,6,12H,3,5H2,1-2H3,(H2,11,14). The van der Waals surface area contributed by atoms with Crippen LogP contribution in [0.3, 0.4) is 0 Å². The molecule has 0 aromatic carbocycles. The molecule has 5 nitrogen and oxygen atoms in total. The quantitative estimate of drug-likeness (QED) is 0.811. The lowest BCUT2D eigenvalue weighted by Crippen LogP contribution is -2.05. The highest BCUT2D eigenvalue weighted by Crippen LogP contribution is 2.34. The average Bonchev–Trinajstić information content (AvgIpc) is 2.86. The lowest BCUT2D eigenvalue weighted by Gasteiger charge is -2.03. The fourth-order valence-electron chi connectivity index (χ4n) is 1.50. The SMILES string of the molecule is CSc1c(N)nsc1NCCc1ccn(C)n1. The molecule has 0 saturated carbocycles. The minimum Gasteiger partial charge on any atom is -0.382 e. The van der Waals surface area contributed by atoms with Crippen molar-refractivity contribution in [3.05, 3.63) is 18.0 Å². The number of rotatable bonds is 5. The molecule has 0 spiro atoms. The zero-order valence-electron chi connectivity index (χ0n) is 9.80. The van der Waals surface area contributed by atoms with Crippen LogP contribution in [0.15, 0.2) is 17.2 Å². The van der Waals surface area contributed by atoms with Crippen LogP contribution in [0.4, 0.5) is 10.8 Å². The molecule has 2 rings (SSSR count). The minimum absolute atomic E-state index is 0.614. The molecule has 7 heteroatoms. The van der Waals surface area contributed by atoms with E-state index in [-0.39, 0.29) is 0 Å². The summed E-state index contributed by atoms with van der Waals surface area (Å²) in [7, 11) is 1.92. The Balaban J connectivity index is 1.89. The van der Waals surface area contributed by atoms with Crippen LogP contribution >= 0.6 is 23.3 Å². The summed E-state index contributed by atoms with van der Waals surface area (Å²) in [5, 5.41) is 8.72. The predicted octanol–water partition coefficient (Wildman–Crippen LogP) is 1.84. The second-order valence-corrected chi connectivity index (χ2v) is 5.18. The summed E-state index contributed by atoms with van der Waals surface area (Å²) in [6, 6.07) is 2.03. The molecule has 0 aliphatic heterocycles. The maximum atomic E-state index is 5.76. The molecule has 17 heavy (non-hydrogen) atoms. The molecule has 2 aromatic heterocycles. The number of aryl methyl sites for hydroxylation is 1. The molecule has 92 valence electrons. The van der Waals surface area contributed by atoms with E-state index >= 15 is 0 Å². The Morgan fingerprint density at radius 2 is 2.41 bits per heavy atom. The Hall–Kier alpha value is -1.21. The molecule has 0 atom stereocenters. The van der Waals surface area contributed by atoms with Crippen LogP contribution in [0.25, 0.3) is 0 Å². The number of hydrogen-bond donors (Lipinski definition) is 2. The van der Waals surface area contributed by atoms with E-state index in [0.29, 0.717) is 5.82 Å². The highest BCUT2D eigenvalue weighted by atomic mass is 32.2. The Labute approximate surface area is 109 Å². The third kappa shape index (κ3) is 2.92. The summed E-state index contributed by atoms with van der Waals surface area (Å²) in [5.41, 5.74) is 6.85. The summed E-state index contributed by atoms with van der Waals surface area (Å²) in [4.78, 5) is 1.04. The number of nitrogens with two attached hydrogens (primary N) is 1. The summed E-state index contributed by atoms with van der Waals surface area (Å²) >= 11 is 3.03. The van der Waals surface area contributed by atoms with Crippen molar-refractivity contribution in [1.29, 1.82) is 0 Å². The molecule has 0 aliphatic carbocycles. The van der Waals surface area contributed by atoms with Gasteiger partial charge < -0.3 is 11.1 Å². The zero-order valence-corrected chi connectivity index (χ0v) is 11.4. The van der Waals surface area contributed by atoms with Crippen LogP contribution in [-0.4, -0.2) is 27.0 Å². The Kier molecular flexibility index (Phi) is 3.90. The van der Waals surface area contributed by atoms with Gasteiger partial charge >= 0.3 is 0 Å². The summed E-state index contributed by atoms with van der Waals surface area (Å²) in [5.74, 6) is 0.614. The van der Waals surface area contributed by atoms with Gasteiger partial charge in [0.25, 0.3) is 0 Å². The van der Waals surface area contributed by atoms with Crippen LogP contribution < -0.4 is 11.1 Å². The zero-order chi connectivity index (χ0) is 12.3. The largest absolute Gasteiger partial charge is 0.382 e. The molecule has 0 aliphatic rings. The van der Waals surface area contributed by atoms with Gasteiger partial charge in [0.1, 0.15) is 5.00 Å².